The molecule has 0 fully saturated rings. The molecule has 2 aromatic heterocycles. The molecule has 1 aromatic carbocycles. The average Bonchev–Trinajstić information content (AvgIpc) is 2.86. The van der Waals surface area contributed by atoms with Crippen LogP contribution in [0.5, 0.6) is 0 Å². The lowest BCUT2D eigenvalue weighted by Crippen LogP contribution is -2.08. The fourth-order valence-electron chi connectivity index (χ4n) is 2.07. The van der Waals surface area contributed by atoms with Gasteiger partial charge in [-0.25, -0.2) is 18.3 Å². The van der Waals surface area contributed by atoms with Crippen LogP contribution >= 0.6 is 0 Å². The van der Waals surface area contributed by atoms with Crippen LogP contribution in [0.2, 0.25) is 0 Å². The predicted octanol–water partition coefficient (Wildman–Crippen LogP) is 2.66. The van der Waals surface area contributed by atoms with Crippen LogP contribution in [-0.2, 0) is 6.42 Å². The maximum atomic E-state index is 13.1. The Balaban J connectivity index is 1.69. The van der Waals surface area contributed by atoms with Crippen molar-refractivity contribution < 1.29 is 8.78 Å². The highest BCUT2D eigenvalue weighted by molar-refractivity contribution is 5.66. The molecule has 102 valence electrons. The molecule has 0 aliphatic heterocycles. The fourth-order valence-corrected chi connectivity index (χ4v) is 2.07. The summed E-state index contributed by atoms with van der Waals surface area (Å²) in [4.78, 5) is 4.23. The minimum atomic E-state index is -0.559. The number of fused-ring (bicyclic) bond motifs is 1. The summed E-state index contributed by atoms with van der Waals surface area (Å²) in [5.41, 5.74) is 1.47. The van der Waals surface area contributed by atoms with E-state index in [1.54, 1.807) is 23.1 Å². The number of halogens is 2. The van der Waals surface area contributed by atoms with Crippen LogP contribution in [0.1, 0.15) is 5.56 Å². The molecule has 0 saturated carbocycles. The van der Waals surface area contributed by atoms with Gasteiger partial charge in [0, 0.05) is 25.0 Å². The largest absolute Gasteiger partial charge is 0.368 e. The second-order valence-electron chi connectivity index (χ2n) is 4.39. The maximum absolute atomic E-state index is 13.1. The molecule has 4 nitrogen and oxygen atoms in total. The van der Waals surface area contributed by atoms with E-state index in [1.165, 1.54) is 12.1 Å². The third-order valence-electron chi connectivity index (χ3n) is 2.95. The van der Waals surface area contributed by atoms with Crippen molar-refractivity contribution in [2.75, 3.05) is 11.9 Å². The summed E-state index contributed by atoms with van der Waals surface area (Å²) in [5.74, 6) is -0.422. The van der Waals surface area contributed by atoms with E-state index in [4.69, 9.17) is 0 Å². The number of nitrogens with zero attached hydrogens (tertiary/aromatic N) is 3. The first kappa shape index (κ1) is 12.5. The summed E-state index contributed by atoms with van der Waals surface area (Å²) in [6.45, 7) is 0.529. The molecule has 6 heteroatoms. The Bertz CT molecular complexity index is 719. The van der Waals surface area contributed by atoms with E-state index in [1.807, 2.05) is 6.07 Å². The van der Waals surface area contributed by atoms with Crippen molar-refractivity contribution in [1.82, 2.24) is 14.6 Å². The summed E-state index contributed by atoms with van der Waals surface area (Å²) in [7, 11) is 0. The van der Waals surface area contributed by atoms with Crippen molar-refractivity contribution in [3.63, 3.8) is 0 Å². The molecule has 20 heavy (non-hydrogen) atoms. The Morgan fingerprint density at radius 1 is 1.10 bits per heavy atom. The molecule has 0 amide bonds. The van der Waals surface area contributed by atoms with Crippen molar-refractivity contribution >= 4 is 11.3 Å². The van der Waals surface area contributed by atoms with Crippen LogP contribution in [-0.4, -0.2) is 21.1 Å². The molecule has 0 saturated heterocycles. The van der Waals surface area contributed by atoms with Gasteiger partial charge in [0.1, 0.15) is 17.2 Å². The second-order valence-corrected chi connectivity index (χ2v) is 4.39. The highest BCUT2D eigenvalue weighted by Crippen LogP contribution is 2.13. The van der Waals surface area contributed by atoms with Gasteiger partial charge in [-0.3, -0.25) is 0 Å². The third-order valence-corrected chi connectivity index (χ3v) is 2.95. The normalized spacial score (nSPS) is 10.9. The van der Waals surface area contributed by atoms with Gasteiger partial charge in [0.2, 0.25) is 0 Å². The number of hydrogen-bond donors (Lipinski definition) is 1. The lowest BCUT2D eigenvalue weighted by Gasteiger charge is -2.07. The molecule has 0 radical (unpaired) electrons. The highest BCUT2D eigenvalue weighted by Gasteiger charge is 2.04. The summed E-state index contributed by atoms with van der Waals surface area (Å²) in [5, 5.41) is 7.25. The molecule has 3 rings (SSSR count). The standard InChI is InChI=1S/C14H12F2N4/c15-11-7-10(8-12(16)9-11)1-3-17-14-13-2-4-19-20(13)6-5-18-14/h2,4-9H,1,3H2,(H,17,18). The van der Waals surface area contributed by atoms with Gasteiger partial charge in [0.25, 0.3) is 0 Å². The summed E-state index contributed by atoms with van der Waals surface area (Å²) >= 11 is 0. The molecule has 0 atom stereocenters. The molecular formula is C14H12F2N4. The minimum Gasteiger partial charge on any atom is -0.368 e. The maximum Gasteiger partial charge on any atom is 0.152 e. The molecule has 0 unspecified atom stereocenters. The molecule has 2 heterocycles. The Morgan fingerprint density at radius 3 is 2.70 bits per heavy atom. The number of rotatable bonds is 4. The lowest BCUT2D eigenvalue weighted by molar-refractivity contribution is 0.580. The molecule has 0 aliphatic rings. The Morgan fingerprint density at radius 2 is 1.90 bits per heavy atom. The number of nitrogens with one attached hydrogen (secondary N) is 1. The van der Waals surface area contributed by atoms with Gasteiger partial charge < -0.3 is 5.32 Å². The van der Waals surface area contributed by atoms with E-state index >= 15 is 0 Å². The van der Waals surface area contributed by atoms with Crippen molar-refractivity contribution in [3.05, 3.63) is 60.1 Å². The molecule has 1 N–H and O–H groups in total. The molecule has 0 aliphatic carbocycles. The first-order valence-corrected chi connectivity index (χ1v) is 6.19. The van der Waals surface area contributed by atoms with Crippen LogP contribution in [0.15, 0.2) is 42.9 Å². The van der Waals surface area contributed by atoms with Gasteiger partial charge in [-0.05, 0) is 30.2 Å². The smallest absolute Gasteiger partial charge is 0.152 e. The molecular weight excluding hydrogens is 262 g/mol. The first-order valence-electron chi connectivity index (χ1n) is 6.19. The van der Waals surface area contributed by atoms with Crippen LogP contribution in [0, 0.1) is 11.6 Å². The van der Waals surface area contributed by atoms with Crippen molar-refractivity contribution in [2.45, 2.75) is 6.42 Å². The van der Waals surface area contributed by atoms with E-state index in [-0.39, 0.29) is 0 Å². The van der Waals surface area contributed by atoms with Gasteiger partial charge in [0.15, 0.2) is 5.82 Å². The Hall–Kier alpha value is -2.50. The quantitative estimate of drug-likeness (QED) is 0.795. The summed E-state index contributed by atoms with van der Waals surface area (Å²) < 4.78 is 27.8. The van der Waals surface area contributed by atoms with Crippen molar-refractivity contribution in [1.29, 1.82) is 0 Å². The highest BCUT2D eigenvalue weighted by atomic mass is 19.1. The minimum absolute atomic E-state index is 0.506. The van der Waals surface area contributed by atoms with Crippen LogP contribution in [0.25, 0.3) is 5.52 Å². The van der Waals surface area contributed by atoms with Crippen molar-refractivity contribution in [3.8, 4) is 0 Å². The number of benzene rings is 1. The zero-order valence-corrected chi connectivity index (χ0v) is 10.6. The van der Waals surface area contributed by atoms with E-state index in [9.17, 15) is 8.78 Å². The van der Waals surface area contributed by atoms with E-state index in [2.05, 4.69) is 15.4 Å². The van der Waals surface area contributed by atoms with Gasteiger partial charge in [-0.2, -0.15) is 5.10 Å². The monoisotopic (exact) mass is 274 g/mol. The van der Waals surface area contributed by atoms with Crippen LogP contribution < -0.4 is 5.32 Å². The van der Waals surface area contributed by atoms with Crippen LogP contribution in [0.4, 0.5) is 14.6 Å². The predicted molar refractivity (Wildman–Crippen MR) is 71.5 cm³/mol. The lowest BCUT2D eigenvalue weighted by atomic mass is 10.1. The zero-order chi connectivity index (χ0) is 13.9. The summed E-state index contributed by atoms with van der Waals surface area (Å²) in [6.07, 6.45) is 5.59. The Labute approximate surface area is 114 Å². The number of hydrogen-bond acceptors (Lipinski definition) is 3. The first-order chi connectivity index (χ1) is 9.72. The van der Waals surface area contributed by atoms with Crippen molar-refractivity contribution in [2.24, 2.45) is 0 Å². The average molecular weight is 274 g/mol. The van der Waals surface area contributed by atoms with Crippen LogP contribution in [0.3, 0.4) is 0 Å². The fraction of sp³-hybridized carbons (Fsp3) is 0.143. The number of anilines is 1. The van der Waals surface area contributed by atoms with Gasteiger partial charge >= 0.3 is 0 Å². The topological polar surface area (TPSA) is 42.2 Å². The zero-order valence-electron chi connectivity index (χ0n) is 10.6. The van der Waals surface area contributed by atoms with Gasteiger partial charge in [0.05, 0.1) is 6.20 Å². The SMILES string of the molecule is Fc1cc(F)cc(CCNc2nccn3nccc23)c1. The van der Waals surface area contributed by atoms with E-state index in [0.29, 0.717) is 24.3 Å². The van der Waals surface area contributed by atoms with E-state index in [0.717, 1.165) is 11.6 Å². The second kappa shape index (κ2) is 5.24. The third kappa shape index (κ3) is 2.59. The van der Waals surface area contributed by atoms with E-state index < -0.39 is 11.6 Å². The Kier molecular flexibility index (Phi) is 3.28. The number of aromatic nitrogens is 3. The van der Waals surface area contributed by atoms with Gasteiger partial charge in [-0.15, -0.1) is 0 Å². The molecule has 3 aromatic rings. The summed E-state index contributed by atoms with van der Waals surface area (Å²) in [6, 6.07) is 5.37. The molecule has 0 bridgehead atoms. The van der Waals surface area contributed by atoms with Gasteiger partial charge in [-0.1, -0.05) is 0 Å². The molecule has 0 spiro atoms.